The van der Waals surface area contributed by atoms with Crippen molar-refractivity contribution < 1.29 is 9.90 Å². The van der Waals surface area contributed by atoms with Crippen LogP contribution >= 0.6 is 11.3 Å². The van der Waals surface area contributed by atoms with Crippen molar-refractivity contribution in [2.24, 2.45) is 0 Å². The second-order valence-corrected chi connectivity index (χ2v) is 3.90. The van der Waals surface area contributed by atoms with Crippen molar-refractivity contribution in [1.82, 2.24) is 4.98 Å². The summed E-state index contributed by atoms with van der Waals surface area (Å²) in [6, 6.07) is 0. The van der Waals surface area contributed by atoms with Gasteiger partial charge in [-0.3, -0.25) is 4.79 Å². The summed E-state index contributed by atoms with van der Waals surface area (Å²) in [5.74, 6) is 0.404. The molecule has 0 unspecified atom stereocenters. The van der Waals surface area contributed by atoms with Gasteiger partial charge in [-0.2, -0.15) is 0 Å². The number of rotatable bonds is 2. The van der Waals surface area contributed by atoms with Crippen molar-refractivity contribution in [3.63, 3.8) is 0 Å². The molecule has 0 amide bonds. The second kappa shape index (κ2) is 3.75. The number of aliphatic hydroxyl groups excluding tert-OH is 1. The molecule has 1 heterocycles. The Morgan fingerprint density at radius 3 is 2.86 bits per heavy atom. The summed E-state index contributed by atoms with van der Waals surface area (Å²) in [7, 11) is 0. The number of nitrogens with zero attached hydrogens (tertiary/aromatic N) is 1. The van der Waals surface area contributed by atoms with Crippen LogP contribution in [-0.2, 0) is 0 Å². The molecule has 1 N–H and O–H groups in total. The zero-order valence-electron chi connectivity index (χ0n) is 7.43. The third kappa shape index (κ3) is 1.75. The minimum absolute atomic E-state index is 0.404. The fraction of sp³-hybridized carbons (Fsp3) is 0.200. The van der Waals surface area contributed by atoms with E-state index < -0.39 is 0 Å². The van der Waals surface area contributed by atoms with Crippen molar-refractivity contribution in [2.75, 3.05) is 0 Å². The first-order chi connectivity index (χ1) is 6.79. The summed E-state index contributed by atoms with van der Waals surface area (Å²) < 4.78 is 0. The molecule has 0 saturated heterocycles. The summed E-state index contributed by atoms with van der Waals surface area (Å²) in [6.07, 6.45) is 5.72. The molecule has 72 valence electrons. The van der Waals surface area contributed by atoms with Crippen LogP contribution in [0, 0.1) is 0 Å². The molecule has 1 aromatic heterocycles. The van der Waals surface area contributed by atoms with Crippen molar-refractivity contribution in [1.29, 1.82) is 0 Å². The molecule has 1 aliphatic rings. The maximum absolute atomic E-state index is 10.4. The molecule has 14 heavy (non-hydrogen) atoms. The first-order valence-electron chi connectivity index (χ1n) is 4.29. The molecule has 0 aliphatic heterocycles. The highest BCUT2D eigenvalue weighted by molar-refractivity contribution is 7.10. The van der Waals surface area contributed by atoms with Crippen molar-refractivity contribution >= 4 is 23.2 Å². The monoisotopic (exact) mass is 207 g/mol. The van der Waals surface area contributed by atoms with E-state index in [1.165, 1.54) is 11.3 Å². The number of carbonyl (C=O) groups excluding carboxylic acids is 1. The first-order valence-corrected chi connectivity index (χ1v) is 5.17. The molecule has 0 atom stereocenters. The normalized spacial score (nSPS) is 16.0. The lowest BCUT2D eigenvalue weighted by atomic mass is 10.0. The van der Waals surface area contributed by atoms with Crippen LogP contribution in [0.4, 0.5) is 0 Å². The Bertz CT molecular complexity index is 418. The minimum atomic E-state index is 0.404. The topological polar surface area (TPSA) is 50.2 Å². The van der Waals surface area contributed by atoms with E-state index in [0.29, 0.717) is 17.9 Å². The van der Waals surface area contributed by atoms with Gasteiger partial charge in [0.2, 0.25) is 0 Å². The number of aromatic nitrogens is 1. The minimum Gasteiger partial charge on any atom is -0.512 e. The average molecular weight is 207 g/mol. The molecular formula is C10H9NO2S. The highest BCUT2D eigenvalue weighted by atomic mass is 32.1. The molecule has 0 bridgehead atoms. The molecule has 1 aromatic rings. The summed E-state index contributed by atoms with van der Waals surface area (Å²) >= 11 is 1.46. The molecule has 0 spiro atoms. The Labute approximate surface area is 85.4 Å². The SMILES string of the molecule is O=Cc1csc(C2=CC=C(O)CC2)n1. The summed E-state index contributed by atoms with van der Waals surface area (Å²) in [5.41, 5.74) is 1.56. The standard InChI is InChI=1S/C10H9NO2S/c12-5-8-6-14-10(11-8)7-1-3-9(13)4-2-7/h1,3,5-6,13H,2,4H2. The second-order valence-electron chi connectivity index (χ2n) is 3.05. The zero-order chi connectivity index (χ0) is 9.97. The Morgan fingerprint density at radius 1 is 1.43 bits per heavy atom. The number of aliphatic hydroxyl groups is 1. The Hall–Kier alpha value is -1.42. The van der Waals surface area contributed by atoms with Crippen LogP contribution in [0.3, 0.4) is 0 Å². The van der Waals surface area contributed by atoms with Gasteiger partial charge in [-0.15, -0.1) is 11.3 Å². The van der Waals surface area contributed by atoms with Gasteiger partial charge in [0.25, 0.3) is 0 Å². The van der Waals surface area contributed by atoms with Crippen LogP contribution in [0.5, 0.6) is 0 Å². The van der Waals surface area contributed by atoms with Gasteiger partial charge in [0.1, 0.15) is 10.7 Å². The fourth-order valence-corrected chi connectivity index (χ4v) is 2.11. The molecule has 4 heteroatoms. The highest BCUT2D eigenvalue weighted by Crippen LogP contribution is 2.27. The molecule has 0 saturated carbocycles. The van der Waals surface area contributed by atoms with Crippen LogP contribution in [0.1, 0.15) is 28.3 Å². The number of aldehydes is 1. The Morgan fingerprint density at radius 2 is 2.29 bits per heavy atom. The largest absolute Gasteiger partial charge is 0.512 e. The lowest BCUT2D eigenvalue weighted by Crippen LogP contribution is -1.92. The quantitative estimate of drug-likeness (QED) is 0.758. The highest BCUT2D eigenvalue weighted by Gasteiger charge is 2.10. The summed E-state index contributed by atoms with van der Waals surface area (Å²) in [4.78, 5) is 14.6. The molecule has 2 rings (SSSR count). The van der Waals surface area contributed by atoms with Gasteiger partial charge in [-0.25, -0.2) is 4.98 Å². The van der Waals surface area contributed by atoms with E-state index in [-0.39, 0.29) is 0 Å². The maximum atomic E-state index is 10.4. The molecule has 0 fully saturated rings. The van der Waals surface area contributed by atoms with E-state index in [4.69, 9.17) is 5.11 Å². The smallest absolute Gasteiger partial charge is 0.169 e. The molecule has 1 aliphatic carbocycles. The Kier molecular flexibility index (Phi) is 2.45. The van der Waals surface area contributed by atoms with Gasteiger partial charge in [0, 0.05) is 11.8 Å². The van der Waals surface area contributed by atoms with Gasteiger partial charge in [-0.1, -0.05) is 6.08 Å². The molecule has 0 radical (unpaired) electrons. The van der Waals surface area contributed by atoms with Crippen LogP contribution in [0.15, 0.2) is 23.3 Å². The number of thiazole rings is 1. The number of hydrogen-bond acceptors (Lipinski definition) is 4. The van der Waals surface area contributed by atoms with Gasteiger partial charge in [0.05, 0.1) is 5.76 Å². The van der Waals surface area contributed by atoms with Gasteiger partial charge >= 0.3 is 0 Å². The molecule has 3 nitrogen and oxygen atoms in total. The van der Waals surface area contributed by atoms with Gasteiger partial charge < -0.3 is 5.11 Å². The first kappa shape index (κ1) is 9.15. The Balaban J connectivity index is 2.27. The number of allylic oxidation sites excluding steroid dienone is 4. The van der Waals surface area contributed by atoms with Gasteiger partial charge in [-0.05, 0) is 18.1 Å². The van der Waals surface area contributed by atoms with E-state index in [1.54, 1.807) is 11.5 Å². The zero-order valence-corrected chi connectivity index (χ0v) is 8.25. The third-order valence-corrected chi connectivity index (χ3v) is 2.98. The van der Waals surface area contributed by atoms with Crippen LogP contribution in [0.2, 0.25) is 0 Å². The lowest BCUT2D eigenvalue weighted by Gasteiger charge is -2.07. The van der Waals surface area contributed by atoms with E-state index in [1.807, 2.05) is 6.08 Å². The molecular weight excluding hydrogens is 198 g/mol. The predicted molar refractivity (Wildman–Crippen MR) is 55.4 cm³/mol. The maximum Gasteiger partial charge on any atom is 0.169 e. The van der Waals surface area contributed by atoms with Crippen LogP contribution < -0.4 is 0 Å². The van der Waals surface area contributed by atoms with E-state index in [9.17, 15) is 4.79 Å². The van der Waals surface area contributed by atoms with E-state index >= 15 is 0 Å². The predicted octanol–water partition coefficient (Wildman–Crippen LogP) is 2.57. The van der Waals surface area contributed by atoms with E-state index in [0.717, 1.165) is 23.3 Å². The third-order valence-electron chi connectivity index (χ3n) is 2.04. The van der Waals surface area contributed by atoms with Gasteiger partial charge in [0.15, 0.2) is 6.29 Å². The van der Waals surface area contributed by atoms with Crippen LogP contribution in [-0.4, -0.2) is 16.4 Å². The van der Waals surface area contributed by atoms with Crippen molar-refractivity contribution in [2.45, 2.75) is 12.8 Å². The lowest BCUT2D eigenvalue weighted by molar-refractivity contribution is 0.111. The number of hydrogen-bond donors (Lipinski definition) is 1. The van der Waals surface area contributed by atoms with Crippen molar-refractivity contribution in [3.05, 3.63) is 34.0 Å². The van der Waals surface area contributed by atoms with Crippen molar-refractivity contribution in [3.8, 4) is 0 Å². The molecule has 0 aromatic carbocycles. The summed E-state index contributed by atoms with van der Waals surface area (Å²) in [6.45, 7) is 0. The average Bonchev–Trinajstić information content (AvgIpc) is 2.67. The van der Waals surface area contributed by atoms with E-state index in [2.05, 4.69) is 4.98 Å². The summed E-state index contributed by atoms with van der Waals surface area (Å²) in [5, 5.41) is 11.8. The number of carbonyl (C=O) groups is 1. The van der Waals surface area contributed by atoms with Crippen LogP contribution in [0.25, 0.3) is 5.57 Å². The fourth-order valence-electron chi connectivity index (χ4n) is 1.29.